The molecular weight excluding hydrogens is 278 g/mol. The predicted octanol–water partition coefficient (Wildman–Crippen LogP) is 0.929. The van der Waals surface area contributed by atoms with Crippen LogP contribution in [0.15, 0.2) is 31.0 Å². The molecule has 0 bridgehead atoms. The van der Waals surface area contributed by atoms with Crippen LogP contribution in [0.2, 0.25) is 0 Å². The van der Waals surface area contributed by atoms with Crippen LogP contribution >= 0.6 is 0 Å². The molecule has 22 heavy (non-hydrogen) atoms. The predicted molar refractivity (Wildman–Crippen MR) is 84.9 cm³/mol. The van der Waals surface area contributed by atoms with Crippen LogP contribution in [-0.4, -0.2) is 50.6 Å². The highest BCUT2D eigenvalue weighted by Crippen LogP contribution is 2.24. The van der Waals surface area contributed by atoms with Gasteiger partial charge in [0.15, 0.2) is 0 Å². The maximum absolute atomic E-state index is 4.59. The van der Waals surface area contributed by atoms with Crippen molar-refractivity contribution >= 4 is 11.2 Å². The smallest absolute Gasteiger partial charge is 0.108 e. The number of anilines is 1. The molecule has 0 aromatic carbocycles. The lowest BCUT2D eigenvalue weighted by molar-refractivity contribution is 0.724. The van der Waals surface area contributed by atoms with E-state index in [1.807, 2.05) is 42.5 Å². The summed E-state index contributed by atoms with van der Waals surface area (Å²) >= 11 is 0. The number of aromatic nitrogens is 5. The summed E-state index contributed by atoms with van der Waals surface area (Å²) in [6.45, 7) is 4.15. The summed E-state index contributed by atoms with van der Waals surface area (Å²) in [5.41, 5.74) is 4.09. The van der Waals surface area contributed by atoms with Gasteiger partial charge >= 0.3 is 0 Å². The van der Waals surface area contributed by atoms with Crippen molar-refractivity contribution in [3.05, 3.63) is 31.0 Å². The molecule has 0 spiro atoms. The van der Waals surface area contributed by atoms with Gasteiger partial charge in [-0.05, 0) is 13.0 Å². The Morgan fingerprint density at radius 2 is 2.00 bits per heavy atom. The minimum absolute atomic E-state index is 0.882. The second kappa shape index (κ2) is 5.42. The molecule has 3 aromatic rings. The van der Waals surface area contributed by atoms with Gasteiger partial charge in [-0.25, -0.2) is 4.52 Å². The zero-order valence-corrected chi connectivity index (χ0v) is 12.6. The summed E-state index contributed by atoms with van der Waals surface area (Å²) in [6.07, 6.45) is 10.7. The zero-order chi connectivity index (χ0) is 14.9. The molecule has 0 atom stereocenters. The summed E-state index contributed by atoms with van der Waals surface area (Å²) < 4.78 is 3.68. The van der Waals surface area contributed by atoms with Gasteiger partial charge in [-0.1, -0.05) is 0 Å². The van der Waals surface area contributed by atoms with Crippen LogP contribution < -0.4 is 10.2 Å². The maximum atomic E-state index is 4.59. The van der Waals surface area contributed by atoms with E-state index < -0.39 is 0 Å². The number of aryl methyl sites for hydroxylation is 1. The van der Waals surface area contributed by atoms with E-state index in [1.165, 1.54) is 0 Å². The maximum Gasteiger partial charge on any atom is 0.108 e. The first-order chi connectivity index (χ1) is 10.8. The van der Waals surface area contributed by atoms with E-state index in [4.69, 9.17) is 0 Å². The first-order valence-corrected chi connectivity index (χ1v) is 7.59. The van der Waals surface area contributed by atoms with Crippen LogP contribution in [0.3, 0.4) is 0 Å². The molecule has 7 heteroatoms. The molecule has 4 rings (SSSR count). The van der Waals surface area contributed by atoms with Crippen molar-refractivity contribution in [2.75, 3.05) is 31.1 Å². The Morgan fingerprint density at radius 1 is 1.05 bits per heavy atom. The fourth-order valence-corrected chi connectivity index (χ4v) is 2.90. The Bertz CT molecular complexity index is 780. The van der Waals surface area contributed by atoms with E-state index in [0.717, 1.165) is 55.1 Å². The topological polar surface area (TPSA) is 63.3 Å². The average molecular weight is 297 g/mol. The molecule has 0 amide bonds. The first kappa shape index (κ1) is 13.3. The van der Waals surface area contributed by atoms with Gasteiger partial charge in [0.2, 0.25) is 0 Å². The third-order valence-corrected chi connectivity index (χ3v) is 4.07. The number of fused-ring (bicyclic) bond motifs is 1. The third-order valence-electron chi connectivity index (χ3n) is 4.07. The molecule has 1 N–H and O–H groups in total. The highest BCUT2D eigenvalue weighted by molar-refractivity contribution is 5.73. The highest BCUT2D eigenvalue weighted by atomic mass is 15.3. The second-order valence-corrected chi connectivity index (χ2v) is 5.63. The minimum atomic E-state index is 0.882. The van der Waals surface area contributed by atoms with Crippen LogP contribution in [0.5, 0.6) is 0 Å². The van der Waals surface area contributed by atoms with E-state index in [1.54, 1.807) is 4.68 Å². The number of nitrogens with one attached hydrogen (secondary N) is 1. The van der Waals surface area contributed by atoms with Crippen molar-refractivity contribution in [1.29, 1.82) is 0 Å². The Balaban J connectivity index is 1.70. The summed E-state index contributed by atoms with van der Waals surface area (Å²) in [7, 11) is 1.90. The molecule has 0 aliphatic carbocycles. The largest absolute Gasteiger partial charge is 0.367 e. The fraction of sp³-hybridized carbons (Fsp3) is 0.400. The van der Waals surface area contributed by atoms with E-state index in [9.17, 15) is 0 Å². The summed E-state index contributed by atoms with van der Waals surface area (Å²) in [5, 5.41) is 12.1. The molecule has 3 aromatic heterocycles. The monoisotopic (exact) mass is 297 g/mol. The van der Waals surface area contributed by atoms with Crippen LogP contribution in [0.4, 0.5) is 5.69 Å². The molecule has 0 saturated carbocycles. The van der Waals surface area contributed by atoms with Gasteiger partial charge in [-0.3, -0.25) is 9.67 Å². The average Bonchev–Trinajstić information content (AvgIpc) is 3.05. The molecular formula is C15H19N7. The number of hydrogen-bond acceptors (Lipinski definition) is 5. The standard InChI is InChI=1S/C15H19N7/c1-20-10-12(7-18-20)13-11-22-15(8-17-13)14(9-19-22)21-5-2-3-16-4-6-21/h7-11,16H,2-6H2,1H3. The molecule has 1 saturated heterocycles. The quantitative estimate of drug-likeness (QED) is 0.762. The lowest BCUT2D eigenvalue weighted by Crippen LogP contribution is -2.27. The number of hydrogen-bond donors (Lipinski definition) is 1. The van der Waals surface area contributed by atoms with Crippen molar-refractivity contribution in [2.45, 2.75) is 6.42 Å². The normalized spacial score (nSPS) is 16.1. The molecule has 7 nitrogen and oxygen atoms in total. The van der Waals surface area contributed by atoms with Gasteiger partial charge in [0.05, 0.1) is 36.2 Å². The van der Waals surface area contributed by atoms with Gasteiger partial charge in [-0.15, -0.1) is 0 Å². The lowest BCUT2D eigenvalue weighted by Gasteiger charge is -2.20. The van der Waals surface area contributed by atoms with Gasteiger partial charge in [0.1, 0.15) is 5.52 Å². The lowest BCUT2D eigenvalue weighted by atomic mass is 10.2. The van der Waals surface area contributed by atoms with Crippen molar-refractivity contribution < 1.29 is 0 Å². The Hall–Kier alpha value is -2.41. The Kier molecular flexibility index (Phi) is 3.27. The minimum Gasteiger partial charge on any atom is -0.367 e. The van der Waals surface area contributed by atoms with E-state index >= 15 is 0 Å². The molecule has 1 aliphatic heterocycles. The highest BCUT2D eigenvalue weighted by Gasteiger charge is 2.15. The molecule has 114 valence electrons. The molecule has 4 heterocycles. The van der Waals surface area contributed by atoms with Gasteiger partial charge in [-0.2, -0.15) is 10.2 Å². The summed E-state index contributed by atoms with van der Waals surface area (Å²) in [6, 6.07) is 0. The van der Waals surface area contributed by atoms with Crippen LogP contribution in [0.25, 0.3) is 16.8 Å². The summed E-state index contributed by atoms with van der Waals surface area (Å²) in [4.78, 5) is 6.97. The number of nitrogens with zero attached hydrogens (tertiary/aromatic N) is 6. The van der Waals surface area contributed by atoms with Crippen molar-refractivity contribution in [2.24, 2.45) is 7.05 Å². The molecule has 0 unspecified atom stereocenters. The van der Waals surface area contributed by atoms with Gasteiger partial charge in [0.25, 0.3) is 0 Å². The van der Waals surface area contributed by atoms with Crippen LogP contribution in [0.1, 0.15) is 6.42 Å². The molecule has 1 fully saturated rings. The zero-order valence-electron chi connectivity index (χ0n) is 12.6. The first-order valence-electron chi connectivity index (χ1n) is 7.59. The van der Waals surface area contributed by atoms with Gasteiger partial charge in [0, 0.05) is 38.4 Å². The summed E-state index contributed by atoms with van der Waals surface area (Å²) in [5.74, 6) is 0. The van der Waals surface area contributed by atoms with E-state index in [-0.39, 0.29) is 0 Å². The Morgan fingerprint density at radius 3 is 2.86 bits per heavy atom. The van der Waals surface area contributed by atoms with Gasteiger partial charge < -0.3 is 10.2 Å². The van der Waals surface area contributed by atoms with Crippen molar-refractivity contribution in [3.63, 3.8) is 0 Å². The van der Waals surface area contributed by atoms with Crippen LogP contribution in [0, 0.1) is 0 Å². The Labute approximate surface area is 128 Å². The molecule has 0 radical (unpaired) electrons. The van der Waals surface area contributed by atoms with E-state index in [0.29, 0.717) is 0 Å². The van der Waals surface area contributed by atoms with E-state index in [2.05, 4.69) is 25.4 Å². The third kappa shape index (κ3) is 2.33. The van der Waals surface area contributed by atoms with Crippen LogP contribution in [-0.2, 0) is 7.05 Å². The SMILES string of the molecule is Cn1cc(-c2cn3ncc(N4CCCNCC4)c3cn2)cn1. The molecule has 1 aliphatic rings. The fourth-order valence-electron chi connectivity index (χ4n) is 2.90. The number of rotatable bonds is 2. The van der Waals surface area contributed by atoms with Crippen molar-refractivity contribution in [1.82, 2.24) is 29.7 Å². The van der Waals surface area contributed by atoms with Crippen molar-refractivity contribution in [3.8, 4) is 11.3 Å². The second-order valence-electron chi connectivity index (χ2n) is 5.63.